The smallest absolute Gasteiger partial charge is 0.322 e. The van der Waals surface area contributed by atoms with Crippen LogP contribution in [0.25, 0.3) is 0 Å². The molecule has 0 aliphatic carbocycles. The van der Waals surface area contributed by atoms with Crippen LogP contribution in [0.3, 0.4) is 0 Å². The largest absolute Gasteiger partial charge is 0.494 e. The van der Waals surface area contributed by atoms with E-state index in [0.29, 0.717) is 30.9 Å². The lowest BCUT2D eigenvalue weighted by Gasteiger charge is -2.29. The monoisotopic (exact) mass is 395 g/mol. The average Bonchev–Trinajstić information content (AvgIpc) is 2.66. The molecule has 0 radical (unpaired) electrons. The molecule has 1 heterocycles. The van der Waals surface area contributed by atoms with Gasteiger partial charge in [0.05, 0.1) is 6.61 Å². The summed E-state index contributed by atoms with van der Waals surface area (Å²) >= 11 is 0. The minimum atomic E-state index is -0.322. The third kappa shape index (κ3) is 5.50. The number of nitrogens with zero attached hydrogens (tertiary/aromatic N) is 1. The van der Waals surface area contributed by atoms with Crippen molar-refractivity contribution in [3.8, 4) is 5.75 Å². The summed E-state index contributed by atoms with van der Waals surface area (Å²) < 4.78 is 5.58. The molecule has 2 aromatic rings. The molecule has 2 aromatic carbocycles. The molecule has 3 rings (SSSR count). The molecule has 0 bridgehead atoms. The Hall–Kier alpha value is -3.02. The van der Waals surface area contributed by atoms with Gasteiger partial charge < -0.3 is 20.3 Å². The van der Waals surface area contributed by atoms with Crippen LogP contribution in [0.5, 0.6) is 5.75 Å². The minimum absolute atomic E-state index is 0.163. The highest BCUT2D eigenvalue weighted by atomic mass is 16.5. The molecule has 154 valence electrons. The Bertz CT molecular complexity index is 902. The molecule has 0 saturated carbocycles. The molecule has 0 saturated heterocycles. The number of benzene rings is 2. The van der Waals surface area contributed by atoms with Crippen molar-refractivity contribution in [2.75, 3.05) is 18.5 Å². The van der Waals surface area contributed by atoms with Crippen LogP contribution in [0, 0.1) is 0 Å². The summed E-state index contributed by atoms with van der Waals surface area (Å²) in [5, 5.41) is 5.85. The predicted octanol–water partition coefficient (Wildman–Crippen LogP) is 4.20. The zero-order valence-corrected chi connectivity index (χ0v) is 17.5. The number of ether oxygens (including phenoxy) is 1. The van der Waals surface area contributed by atoms with E-state index in [9.17, 15) is 9.59 Å². The second-order valence-electron chi connectivity index (χ2n) is 8.25. The van der Waals surface area contributed by atoms with Gasteiger partial charge in [-0.25, -0.2) is 4.79 Å². The van der Waals surface area contributed by atoms with Gasteiger partial charge in [-0.3, -0.25) is 4.79 Å². The molecule has 0 spiro atoms. The van der Waals surface area contributed by atoms with Gasteiger partial charge in [-0.15, -0.1) is 0 Å². The molecule has 3 amide bonds. The lowest BCUT2D eigenvalue weighted by molar-refractivity contribution is 0.0919. The van der Waals surface area contributed by atoms with Gasteiger partial charge in [0.25, 0.3) is 5.91 Å². The third-order valence-corrected chi connectivity index (χ3v) is 4.65. The first-order valence-electron chi connectivity index (χ1n) is 9.98. The summed E-state index contributed by atoms with van der Waals surface area (Å²) in [4.78, 5) is 26.9. The molecule has 6 nitrogen and oxygen atoms in total. The minimum Gasteiger partial charge on any atom is -0.494 e. The van der Waals surface area contributed by atoms with Gasteiger partial charge in [0.1, 0.15) is 5.75 Å². The van der Waals surface area contributed by atoms with Crippen molar-refractivity contribution in [1.29, 1.82) is 0 Å². The van der Waals surface area contributed by atoms with Crippen LogP contribution in [0.4, 0.5) is 10.5 Å². The number of fused-ring (bicyclic) bond motifs is 1. The summed E-state index contributed by atoms with van der Waals surface area (Å²) in [6.45, 7) is 9.55. The highest BCUT2D eigenvalue weighted by Crippen LogP contribution is 2.24. The number of anilines is 1. The summed E-state index contributed by atoms with van der Waals surface area (Å²) in [5.41, 5.74) is 3.15. The molecular weight excluding hydrogens is 366 g/mol. The summed E-state index contributed by atoms with van der Waals surface area (Å²) in [6.07, 6.45) is 0.809. The van der Waals surface area contributed by atoms with Crippen molar-refractivity contribution in [3.63, 3.8) is 0 Å². The van der Waals surface area contributed by atoms with E-state index in [1.165, 1.54) is 5.56 Å². The number of urea groups is 1. The van der Waals surface area contributed by atoms with Crippen LogP contribution in [-0.2, 0) is 13.0 Å². The Labute approximate surface area is 172 Å². The molecule has 0 aromatic heterocycles. The van der Waals surface area contributed by atoms with E-state index in [-0.39, 0.29) is 17.5 Å². The zero-order valence-electron chi connectivity index (χ0n) is 17.5. The lowest BCUT2D eigenvalue weighted by atomic mass is 10.00. The van der Waals surface area contributed by atoms with Crippen molar-refractivity contribution >= 4 is 17.6 Å². The van der Waals surface area contributed by atoms with E-state index in [1.807, 2.05) is 39.8 Å². The normalized spacial score (nSPS) is 13.4. The number of carbonyl (C=O) groups excluding carboxylic acids is 2. The Morgan fingerprint density at radius 2 is 1.90 bits per heavy atom. The SMILES string of the molecule is CCOc1ccc2c(c1)CN(C(=O)Nc1cccc(C(=O)NC(C)(C)C)c1)CC2. The fraction of sp³-hybridized carbons (Fsp3) is 0.391. The number of carbonyl (C=O) groups is 2. The molecule has 1 aliphatic rings. The van der Waals surface area contributed by atoms with Crippen molar-refractivity contribution < 1.29 is 14.3 Å². The topological polar surface area (TPSA) is 70.7 Å². The second-order valence-corrected chi connectivity index (χ2v) is 8.25. The van der Waals surface area contributed by atoms with E-state index in [1.54, 1.807) is 29.2 Å². The molecule has 1 aliphatic heterocycles. The first-order valence-corrected chi connectivity index (χ1v) is 9.98. The number of rotatable bonds is 4. The molecule has 6 heteroatoms. The van der Waals surface area contributed by atoms with E-state index in [0.717, 1.165) is 17.7 Å². The van der Waals surface area contributed by atoms with Gasteiger partial charge in [-0.2, -0.15) is 0 Å². The average molecular weight is 396 g/mol. The van der Waals surface area contributed by atoms with E-state index in [4.69, 9.17) is 4.74 Å². The molecular formula is C23H29N3O3. The van der Waals surface area contributed by atoms with Gasteiger partial charge in [0.15, 0.2) is 0 Å². The highest BCUT2D eigenvalue weighted by molar-refractivity contribution is 5.97. The van der Waals surface area contributed by atoms with Crippen LogP contribution in [0.15, 0.2) is 42.5 Å². The van der Waals surface area contributed by atoms with Crippen LogP contribution < -0.4 is 15.4 Å². The summed E-state index contributed by atoms with van der Waals surface area (Å²) in [5.74, 6) is 0.662. The van der Waals surface area contributed by atoms with Crippen molar-refractivity contribution in [1.82, 2.24) is 10.2 Å². The number of amides is 3. The third-order valence-electron chi connectivity index (χ3n) is 4.65. The second kappa shape index (κ2) is 8.55. The van der Waals surface area contributed by atoms with Crippen LogP contribution in [0.1, 0.15) is 49.2 Å². The summed E-state index contributed by atoms with van der Waals surface area (Å²) in [7, 11) is 0. The lowest BCUT2D eigenvalue weighted by Crippen LogP contribution is -2.40. The maximum Gasteiger partial charge on any atom is 0.322 e. The van der Waals surface area contributed by atoms with E-state index in [2.05, 4.69) is 16.7 Å². The van der Waals surface area contributed by atoms with Gasteiger partial charge in [-0.05, 0) is 75.6 Å². The zero-order chi connectivity index (χ0) is 21.0. The fourth-order valence-corrected chi connectivity index (χ4v) is 3.32. The first kappa shape index (κ1) is 20.7. The quantitative estimate of drug-likeness (QED) is 0.815. The molecule has 2 N–H and O–H groups in total. The Kier molecular flexibility index (Phi) is 6.11. The van der Waals surface area contributed by atoms with Crippen molar-refractivity contribution in [2.45, 2.75) is 46.2 Å². The molecule has 0 unspecified atom stereocenters. The van der Waals surface area contributed by atoms with E-state index >= 15 is 0 Å². The van der Waals surface area contributed by atoms with Gasteiger partial charge in [0, 0.05) is 29.9 Å². The van der Waals surface area contributed by atoms with Gasteiger partial charge >= 0.3 is 6.03 Å². The predicted molar refractivity (Wildman–Crippen MR) is 114 cm³/mol. The maximum absolute atomic E-state index is 12.8. The number of nitrogens with one attached hydrogen (secondary N) is 2. The van der Waals surface area contributed by atoms with Crippen LogP contribution >= 0.6 is 0 Å². The van der Waals surface area contributed by atoms with E-state index < -0.39 is 0 Å². The molecule has 29 heavy (non-hydrogen) atoms. The number of hydrogen-bond donors (Lipinski definition) is 2. The first-order chi connectivity index (χ1) is 13.7. The van der Waals surface area contributed by atoms with Gasteiger partial charge in [0.2, 0.25) is 0 Å². The Balaban J connectivity index is 1.67. The van der Waals surface area contributed by atoms with Crippen molar-refractivity contribution in [2.24, 2.45) is 0 Å². The standard InChI is InChI=1S/C23H29N3O3/c1-5-29-20-10-9-16-11-12-26(15-18(16)14-20)22(28)24-19-8-6-7-17(13-19)21(27)25-23(2,3)4/h6-10,13-14H,5,11-12,15H2,1-4H3,(H,24,28)(H,25,27). The number of hydrogen-bond acceptors (Lipinski definition) is 3. The fourth-order valence-electron chi connectivity index (χ4n) is 3.32. The van der Waals surface area contributed by atoms with Gasteiger partial charge in [-0.1, -0.05) is 12.1 Å². The van der Waals surface area contributed by atoms with Crippen molar-refractivity contribution in [3.05, 3.63) is 59.2 Å². The maximum atomic E-state index is 12.8. The Morgan fingerprint density at radius 3 is 2.62 bits per heavy atom. The summed E-state index contributed by atoms with van der Waals surface area (Å²) in [6, 6.07) is 12.9. The van der Waals surface area contributed by atoms with Crippen LogP contribution in [-0.4, -0.2) is 35.5 Å². The molecule has 0 atom stereocenters. The van der Waals surface area contributed by atoms with Crippen LogP contribution in [0.2, 0.25) is 0 Å². The Morgan fingerprint density at radius 1 is 1.10 bits per heavy atom. The molecule has 0 fully saturated rings. The highest BCUT2D eigenvalue weighted by Gasteiger charge is 2.22.